The lowest BCUT2D eigenvalue weighted by molar-refractivity contribution is -0.166. The number of nitrogens with zero attached hydrogens (tertiary/aromatic N) is 6. The number of carbonyl (C=O) groups is 10. The number of hydrogen-bond acceptors (Lipinski definition) is 23. The zero-order valence-corrected chi connectivity index (χ0v) is 55.6. The Hall–Kier alpha value is -12.7. The molecule has 25 heteroatoms. The van der Waals surface area contributed by atoms with Crippen LogP contribution in [0.15, 0.2) is 226 Å². The van der Waals surface area contributed by atoms with Gasteiger partial charge in [-0.2, -0.15) is 20.3 Å². The first-order valence-corrected chi connectivity index (χ1v) is 33.3. The summed E-state index contributed by atoms with van der Waals surface area (Å²) in [6.07, 6.45) is -1.59. The largest absolute Gasteiger partial charge is 0.459 e. The van der Waals surface area contributed by atoms with Gasteiger partial charge < -0.3 is 28.4 Å². The van der Waals surface area contributed by atoms with E-state index >= 15 is 19.2 Å². The fourth-order valence-electron chi connectivity index (χ4n) is 11.9. The minimum Gasteiger partial charge on any atom is -0.459 e. The van der Waals surface area contributed by atoms with Gasteiger partial charge in [0.15, 0.2) is 0 Å². The van der Waals surface area contributed by atoms with Crippen molar-refractivity contribution in [1.29, 1.82) is 10.5 Å². The van der Waals surface area contributed by atoms with Crippen LogP contribution in [0.3, 0.4) is 0 Å². The molecule has 5 heterocycles. The van der Waals surface area contributed by atoms with Gasteiger partial charge in [-0.3, -0.25) is 38.4 Å². The third-order valence-corrected chi connectivity index (χ3v) is 20.6. The number of hydrogen-bond donors (Lipinski definition) is 0. The molecule has 22 nitrogen and oxygen atoms in total. The Morgan fingerprint density at radius 1 is 0.416 bits per heavy atom. The van der Waals surface area contributed by atoms with E-state index in [4.69, 9.17) is 38.4 Å². The quantitative estimate of drug-likeness (QED) is 0.0333. The molecule has 0 atom stereocenters. The van der Waals surface area contributed by atoms with Gasteiger partial charge in [0, 0.05) is 32.7 Å². The summed E-state index contributed by atoms with van der Waals surface area (Å²) in [4.78, 5) is 160. The van der Waals surface area contributed by atoms with E-state index in [0.717, 1.165) is 34.0 Å². The fourth-order valence-corrected chi connectivity index (χ4v) is 16.2. The molecule has 2 aliphatic heterocycles. The summed E-state index contributed by atoms with van der Waals surface area (Å²) in [7, 11) is 0. The fraction of sp³-hybridized carbons (Fsp3) is 0.132. The molecule has 498 valence electrons. The summed E-state index contributed by atoms with van der Waals surface area (Å²) in [5.74, 6) is -10.3. The van der Waals surface area contributed by atoms with Crippen LogP contribution in [0.4, 0.5) is 14.6 Å². The molecule has 0 spiro atoms. The van der Waals surface area contributed by atoms with Crippen molar-refractivity contribution >= 4 is 126 Å². The number of esters is 4. The monoisotopic (exact) mass is 1400 g/mol. The lowest BCUT2D eigenvalue weighted by atomic mass is 9.78. The van der Waals surface area contributed by atoms with Crippen LogP contribution in [0.25, 0.3) is 25.2 Å². The highest BCUT2D eigenvalue weighted by atomic mass is 32.1. The Labute approximate surface area is 586 Å². The molecule has 0 saturated heterocycles. The Morgan fingerprint density at radius 3 is 1.12 bits per heavy atom. The average molecular weight is 1400 g/mol. The Balaban J connectivity index is 1.03. The number of thiophene rings is 3. The summed E-state index contributed by atoms with van der Waals surface area (Å²) < 4.78 is 36.0. The van der Waals surface area contributed by atoms with Crippen molar-refractivity contribution in [1.82, 2.24) is 9.80 Å². The normalized spacial score (nSPS) is 15.7. The molecule has 4 aliphatic rings. The van der Waals surface area contributed by atoms with Gasteiger partial charge in [0.2, 0.25) is 10.8 Å². The molecular formula is C76H50N6O16S3. The van der Waals surface area contributed by atoms with E-state index in [1.54, 1.807) is 194 Å². The van der Waals surface area contributed by atoms with Crippen molar-refractivity contribution in [2.45, 2.75) is 64.3 Å². The Bertz CT molecular complexity index is 5110. The molecule has 0 unspecified atom stereocenters. The number of carbonyl (C=O) groups excluding carboxylic acids is 10. The number of amides is 6. The zero-order chi connectivity index (χ0) is 70.7. The molecule has 0 bridgehead atoms. The number of nitriles is 2. The van der Waals surface area contributed by atoms with E-state index in [9.17, 15) is 39.3 Å². The molecule has 13 rings (SSSR count). The number of aliphatic imine (C=N–C) groups is 2. The maximum Gasteiger partial charge on any atom is 0.424 e. The lowest BCUT2D eigenvalue weighted by Crippen LogP contribution is -2.51. The standard InChI is InChI=1S/C76H50N6O16S3/c1-43-51(35-77)65(83)81(73(91)97-41-49-29-17-7-18-30-49)67(85)59(43)79-55-34-54-57(76(55,71(89)95-39-47-25-13-5-14-26-47)72(90)96-40-48-27-15-6-16-28-48)62-64(99-54)58-63(101-62)61-53(75(58,69(87)93-37-45-21-9-3-10-22-45)70(88)94-38-46-23-11-4-12-24-46)33-56(100-61)80-60-44(2)52(36-78)66(84)82(68(60)86)74(92)98-42-50-31-19-8-20-32-50/h3-34H,37-42H2,1-2H3. The van der Waals surface area contributed by atoms with Crippen LogP contribution in [0.1, 0.15) is 68.8 Å². The number of benzene rings is 6. The van der Waals surface area contributed by atoms with E-state index in [1.807, 2.05) is 0 Å². The van der Waals surface area contributed by atoms with Crippen molar-refractivity contribution in [2.24, 2.45) is 9.98 Å². The van der Waals surface area contributed by atoms with E-state index in [0.29, 0.717) is 33.4 Å². The van der Waals surface area contributed by atoms with E-state index < -0.39 is 132 Å². The van der Waals surface area contributed by atoms with E-state index in [2.05, 4.69) is 0 Å². The molecule has 0 saturated carbocycles. The molecule has 3 aromatic heterocycles. The van der Waals surface area contributed by atoms with E-state index in [-0.39, 0.29) is 73.3 Å². The van der Waals surface area contributed by atoms with Gasteiger partial charge in [-0.25, -0.2) is 19.6 Å². The first-order valence-electron chi connectivity index (χ1n) is 30.9. The molecule has 6 aromatic carbocycles. The van der Waals surface area contributed by atoms with Crippen molar-refractivity contribution < 1.29 is 76.4 Å². The predicted molar refractivity (Wildman–Crippen MR) is 367 cm³/mol. The topological polar surface area (TPSA) is 305 Å². The molecule has 0 radical (unpaired) electrons. The van der Waals surface area contributed by atoms with Crippen LogP contribution in [0, 0.1) is 22.7 Å². The van der Waals surface area contributed by atoms with Gasteiger partial charge in [-0.15, -0.1) is 34.0 Å². The Kier molecular flexibility index (Phi) is 18.6. The van der Waals surface area contributed by atoms with Crippen molar-refractivity contribution in [3.8, 4) is 21.9 Å². The summed E-state index contributed by atoms with van der Waals surface area (Å²) in [6.45, 7) is 0.0324. The molecule has 0 N–H and O–H groups in total. The molecule has 6 amide bonds. The number of rotatable bonds is 18. The first kappa shape index (κ1) is 66.9. The molecule has 9 aromatic rings. The maximum atomic E-state index is 16.1. The maximum absolute atomic E-state index is 16.1. The number of fused-ring (bicyclic) bond motifs is 7. The lowest BCUT2D eigenvalue weighted by Gasteiger charge is -2.29. The smallest absolute Gasteiger partial charge is 0.424 e. The average Bonchev–Trinajstić information content (AvgIpc) is 1.50. The molecule has 101 heavy (non-hydrogen) atoms. The minimum atomic E-state index is -2.91. The third-order valence-electron chi connectivity index (χ3n) is 16.9. The van der Waals surface area contributed by atoms with Crippen LogP contribution in [0.2, 0.25) is 0 Å². The van der Waals surface area contributed by atoms with Crippen LogP contribution in [0.5, 0.6) is 0 Å². The third kappa shape index (κ3) is 12.1. The highest BCUT2D eigenvalue weighted by molar-refractivity contribution is 7.33. The highest BCUT2D eigenvalue weighted by Crippen LogP contribution is 2.65. The molecule has 2 aliphatic carbocycles. The SMILES string of the molecule is CC1=C(C#N)C(=O)N(C(=O)OCc2ccccc2)C(=O)C1=NC1=Cc2sc3c4c(sc3c2C1(C(=O)OCc1ccccc1)C(=O)OCc1ccccc1)-c1sc(N=C2C(=O)N(C(=O)OCc3ccccc3)C(=O)C(C#N)=C2C)cc1C4(C(=O)OCc1ccccc1)C(=O)OCc1ccccc1. The van der Waals surface area contributed by atoms with Gasteiger partial charge in [-0.1, -0.05) is 182 Å². The van der Waals surface area contributed by atoms with Crippen LogP contribution in [-0.2, 0) is 117 Å². The second-order valence-electron chi connectivity index (χ2n) is 23.0. The second kappa shape index (κ2) is 28.0. The van der Waals surface area contributed by atoms with Gasteiger partial charge in [-0.05, 0) is 59.4 Å². The van der Waals surface area contributed by atoms with Crippen molar-refractivity contribution in [3.05, 3.63) is 271 Å². The highest BCUT2D eigenvalue weighted by Gasteiger charge is 2.65. The second-order valence-corrected chi connectivity index (χ2v) is 26.1. The van der Waals surface area contributed by atoms with Crippen LogP contribution >= 0.6 is 34.0 Å². The predicted octanol–water partition coefficient (Wildman–Crippen LogP) is 12.5. The van der Waals surface area contributed by atoms with Gasteiger partial charge in [0.1, 0.15) is 79.4 Å². The molecular weight excluding hydrogens is 1350 g/mol. The van der Waals surface area contributed by atoms with Crippen LogP contribution < -0.4 is 0 Å². The van der Waals surface area contributed by atoms with Gasteiger partial charge in [0.25, 0.3) is 23.6 Å². The summed E-state index contributed by atoms with van der Waals surface area (Å²) in [5.41, 5.74) is -6.64. The summed E-state index contributed by atoms with van der Waals surface area (Å²) in [6, 6.07) is 55.6. The number of ether oxygens (including phenoxy) is 6. The summed E-state index contributed by atoms with van der Waals surface area (Å²) in [5, 5.41) is 20.8. The van der Waals surface area contributed by atoms with Gasteiger partial charge in [0.05, 0.1) is 24.9 Å². The van der Waals surface area contributed by atoms with E-state index in [1.165, 1.54) is 26.0 Å². The van der Waals surface area contributed by atoms with Crippen LogP contribution in [-0.4, -0.2) is 80.9 Å². The number of imide groups is 6. The van der Waals surface area contributed by atoms with Gasteiger partial charge >= 0.3 is 36.1 Å². The summed E-state index contributed by atoms with van der Waals surface area (Å²) >= 11 is 2.63. The Morgan fingerprint density at radius 2 is 0.752 bits per heavy atom. The minimum absolute atomic E-state index is 0.0310. The van der Waals surface area contributed by atoms with Crippen molar-refractivity contribution in [2.75, 3.05) is 0 Å². The first-order chi connectivity index (χ1) is 49.0. The molecule has 0 fully saturated rings. The van der Waals surface area contributed by atoms with Crippen molar-refractivity contribution in [3.63, 3.8) is 0 Å². The zero-order valence-electron chi connectivity index (χ0n) is 53.2.